The molecule has 2 heterocycles. The average molecular weight is 218 g/mol. The minimum Gasteiger partial charge on any atom is -0.478 e. The molecule has 4 heteroatoms. The van der Waals surface area contributed by atoms with E-state index in [-0.39, 0.29) is 5.56 Å². The van der Waals surface area contributed by atoms with Gasteiger partial charge in [-0.3, -0.25) is 0 Å². The van der Waals surface area contributed by atoms with Gasteiger partial charge >= 0.3 is 5.97 Å². The lowest BCUT2D eigenvalue weighted by atomic mass is 10.1. The van der Waals surface area contributed by atoms with E-state index in [9.17, 15) is 4.79 Å². The maximum absolute atomic E-state index is 10.8. The number of carbonyl (C=O) groups is 1. The highest BCUT2D eigenvalue weighted by Crippen LogP contribution is 2.19. The maximum atomic E-state index is 10.8. The van der Waals surface area contributed by atoms with E-state index in [4.69, 9.17) is 5.11 Å². The van der Waals surface area contributed by atoms with E-state index in [0.29, 0.717) is 0 Å². The third-order valence-electron chi connectivity index (χ3n) is 2.66. The molecule has 0 saturated carbocycles. The van der Waals surface area contributed by atoms with E-state index >= 15 is 0 Å². The Kier molecular flexibility index (Phi) is 2.90. The van der Waals surface area contributed by atoms with Gasteiger partial charge in [-0.2, -0.15) is 0 Å². The van der Waals surface area contributed by atoms with Gasteiger partial charge in [-0.25, -0.2) is 9.78 Å². The van der Waals surface area contributed by atoms with Gasteiger partial charge < -0.3 is 10.0 Å². The molecule has 0 radical (unpaired) electrons. The number of aromatic nitrogens is 1. The van der Waals surface area contributed by atoms with Crippen molar-refractivity contribution in [2.45, 2.75) is 13.3 Å². The number of carboxylic acid groups (broad SMARTS) is 1. The van der Waals surface area contributed by atoms with E-state index in [1.54, 1.807) is 6.07 Å². The van der Waals surface area contributed by atoms with Gasteiger partial charge in [0.25, 0.3) is 0 Å². The molecule has 1 aliphatic rings. The Balaban J connectivity index is 2.28. The van der Waals surface area contributed by atoms with Crippen molar-refractivity contribution in [3.05, 3.63) is 35.5 Å². The van der Waals surface area contributed by atoms with Crippen molar-refractivity contribution in [3.8, 4) is 0 Å². The average Bonchev–Trinajstić information content (AvgIpc) is 2.30. The number of hydrogen-bond acceptors (Lipinski definition) is 3. The smallest absolute Gasteiger partial charge is 0.337 e. The first kappa shape index (κ1) is 10.7. The quantitative estimate of drug-likeness (QED) is 0.770. The van der Waals surface area contributed by atoms with Gasteiger partial charge in [0.1, 0.15) is 5.82 Å². The summed E-state index contributed by atoms with van der Waals surface area (Å²) in [5, 5.41) is 8.85. The Labute approximate surface area is 94.2 Å². The summed E-state index contributed by atoms with van der Waals surface area (Å²) in [6.07, 6.45) is 6.69. The van der Waals surface area contributed by atoms with E-state index in [0.717, 1.165) is 30.9 Å². The summed E-state index contributed by atoms with van der Waals surface area (Å²) in [5.74, 6) is -0.0463. The van der Waals surface area contributed by atoms with Crippen molar-refractivity contribution in [3.63, 3.8) is 0 Å². The SMILES string of the molecule is Cc1cc(C(=O)O)cnc1N1CC=CCC1. The fraction of sp³-hybridized carbons (Fsp3) is 0.333. The van der Waals surface area contributed by atoms with Crippen molar-refractivity contribution < 1.29 is 9.90 Å². The van der Waals surface area contributed by atoms with Crippen LogP contribution in [0.4, 0.5) is 5.82 Å². The third kappa shape index (κ3) is 2.05. The van der Waals surface area contributed by atoms with Gasteiger partial charge in [0.2, 0.25) is 0 Å². The second-order valence-electron chi connectivity index (χ2n) is 3.88. The fourth-order valence-electron chi connectivity index (χ4n) is 1.85. The standard InChI is InChI=1S/C12H14N2O2/c1-9-7-10(12(15)16)8-13-11(9)14-5-3-2-4-6-14/h2-3,7-8H,4-6H2,1H3,(H,15,16). The van der Waals surface area contributed by atoms with E-state index < -0.39 is 5.97 Å². The first-order valence-corrected chi connectivity index (χ1v) is 5.28. The van der Waals surface area contributed by atoms with Crippen molar-refractivity contribution in [1.29, 1.82) is 0 Å². The molecule has 16 heavy (non-hydrogen) atoms. The molecule has 0 aliphatic carbocycles. The van der Waals surface area contributed by atoms with Gasteiger partial charge in [0.05, 0.1) is 5.56 Å². The summed E-state index contributed by atoms with van der Waals surface area (Å²) in [7, 11) is 0. The van der Waals surface area contributed by atoms with E-state index in [1.807, 2.05) is 6.92 Å². The zero-order valence-electron chi connectivity index (χ0n) is 9.18. The molecule has 0 amide bonds. The molecule has 0 saturated heterocycles. The second kappa shape index (κ2) is 4.35. The molecule has 0 aromatic carbocycles. The van der Waals surface area contributed by atoms with Gasteiger partial charge in [0.15, 0.2) is 0 Å². The number of anilines is 1. The summed E-state index contributed by atoms with van der Waals surface area (Å²) in [5.41, 5.74) is 1.16. The monoisotopic (exact) mass is 218 g/mol. The minimum atomic E-state index is -0.930. The molecular formula is C12H14N2O2. The van der Waals surface area contributed by atoms with E-state index in [1.165, 1.54) is 6.20 Å². The summed E-state index contributed by atoms with van der Waals surface area (Å²) < 4.78 is 0. The molecule has 0 unspecified atom stereocenters. The molecule has 1 aromatic rings. The molecule has 1 aliphatic heterocycles. The number of carboxylic acids is 1. The normalized spacial score (nSPS) is 15.2. The molecular weight excluding hydrogens is 204 g/mol. The van der Waals surface area contributed by atoms with Crippen LogP contribution in [0.15, 0.2) is 24.4 Å². The van der Waals surface area contributed by atoms with Crippen LogP contribution in [0.3, 0.4) is 0 Å². The fourth-order valence-corrected chi connectivity index (χ4v) is 1.85. The van der Waals surface area contributed by atoms with Crippen molar-refractivity contribution >= 4 is 11.8 Å². The molecule has 1 N–H and O–H groups in total. The molecule has 1 aromatic heterocycles. The summed E-state index contributed by atoms with van der Waals surface area (Å²) in [6, 6.07) is 1.67. The zero-order chi connectivity index (χ0) is 11.5. The van der Waals surface area contributed by atoms with Crippen LogP contribution in [0.25, 0.3) is 0 Å². The Morgan fingerprint density at radius 2 is 2.31 bits per heavy atom. The maximum Gasteiger partial charge on any atom is 0.337 e. The minimum absolute atomic E-state index is 0.244. The van der Waals surface area contributed by atoms with Crippen molar-refractivity contribution in [1.82, 2.24) is 4.98 Å². The Morgan fingerprint density at radius 3 is 2.88 bits per heavy atom. The highest BCUT2D eigenvalue weighted by Gasteiger charge is 2.13. The number of pyridine rings is 1. The molecule has 84 valence electrons. The van der Waals surface area contributed by atoms with Crippen LogP contribution in [0.5, 0.6) is 0 Å². The van der Waals surface area contributed by atoms with Crippen LogP contribution in [0.2, 0.25) is 0 Å². The van der Waals surface area contributed by atoms with Crippen LogP contribution in [-0.4, -0.2) is 29.1 Å². The van der Waals surface area contributed by atoms with Gasteiger partial charge in [0, 0.05) is 19.3 Å². The highest BCUT2D eigenvalue weighted by atomic mass is 16.4. The summed E-state index contributed by atoms with van der Waals surface area (Å²) in [6.45, 7) is 3.68. The Hall–Kier alpha value is -1.84. The van der Waals surface area contributed by atoms with Crippen LogP contribution < -0.4 is 4.90 Å². The predicted octanol–water partition coefficient (Wildman–Crippen LogP) is 1.85. The molecule has 0 fully saturated rings. The van der Waals surface area contributed by atoms with Gasteiger partial charge in [-0.05, 0) is 25.0 Å². The van der Waals surface area contributed by atoms with Gasteiger partial charge in [-0.1, -0.05) is 12.2 Å². The molecule has 4 nitrogen and oxygen atoms in total. The molecule has 0 atom stereocenters. The van der Waals surface area contributed by atoms with Crippen LogP contribution in [0.1, 0.15) is 22.3 Å². The first-order chi connectivity index (χ1) is 7.68. The van der Waals surface area contributed by atoms with E-state index in [2.05, 4.69) is 22.0 Å². The van der Waals surface area contributed by atoms with Crippen LogP contribution in [0, 0.1) is 6.92 Å². The van der Waals surface area contributed by atoms with Crippen LogP contribution >= 0.6 is 0 Å². The predicted molar refractivity (Wildman–Crippen MR) is 61.9 cm³/mol. The lowest BCUT2D eigenvalue weighted by Crippen LogP contribution is -2.28. The summed E-state index contributed by atoms with van der Waals surface area (Å²) >= 11 is 0. The number of rotatable bonds is 2. The van der Waals surface area contributed by atoms with Crippen LogP contribution in [-0.2, 0) is 0 Å². The third-order valence-corrected chi connectivity index (χ3v) is 2.66. The number of hydrogen-bond donors (Lipinski definition) is 1. The number of aryl methyl sites for hydroxylation is 1. The number of aromatic carboxylic acids is 1. The van der Waals surface area contributed by atoms with Crippen molar-refractivity contribution in [2.24, 2.45) is 0 Å². The second-order valence-corrected chi connectivity index (χ2v) is 3.88. The highest BCUT2D eigenvalue weighted by molar-refractivity contribution is 5.87. The lowest BCUT2D eigenvalue weighted by molar-refractivity contribution is 0.0696. The zero-order valence-corrected chi connectivity index (χ0v) is 9.18. The Morgan fingerprint density at radius 1 is 1.50 bits per heavy atom. The largest absolute Gasteiger partial charge is 0.478 e. The van der Waals surface area contributed by atoms with Crippen molar-refractivity contribution in [2.75, 3.05) is 18.0 Å². The first-order valence-electron chi connectivity index (χ1n) is 5.28. The van der Waals surface area contributed by atoms with Gasteiger partial charge in [-0.15, -0.1) is 0 Å². The summed E-state index contributed by atoms with van der Waals surface area (Å²) in [4.78, 5) is 17.2. The molecule has 2 rings (SSSR count). The lowest BCUT2D eigenvalue weighted by Gasteiger charge is -2.25. The Bertz CT molecular complexity index is 441. The molecule has 0 spiro atoms. The number of nitrogens with zero attached hydrogens (tertiary/aromatic N) is 2. The molecule has 0 bridgehead atoms. The topological polar surface area (TPSA) is 53.4 Å².